The van der Waals surface area contributed by atoms with Crippen LogP contribution in [0.25, 0.3) is 0 Å². The lowest BCUT2D eigenvalue weighted by Crippen LogP contribution is -2.56. The largest absolute Gasteiger partial charge is 0.493 e. The summed E-state index contributed by atoms with van der Waals surface area (Å²) in [6.45, 7) is 11.7. The molecule has 0 radical (unpaired) electrons. The van der Waals surface area contributed by atoms with Crippen LogP contribution >= 0.6 is 0 Å². The Balaban J connectivity index is 2.66. The fourth-order valence-corrected chi connectivity index (χ4v) is 3.89. The predicted molar refractivity (Wildman–Crippen MR) is 153 cm³/mol. The summed E-state index contributed by atoms with van der Waals surface area (Å²) in [6.07, 6.45) is -3.01. The van der Waals surface area contributed by atoms with E-state index in [9.17, 15) is 19.5 Å². The number of benzene rings is 2. The zero-order valence-corrected chi connectivity index (χ0v) is 25.6. The second-order valence-electron chi connectivity index (χ2n) is 11.5. The van der Waals surface area contributed by atoms with Gasteiger partial charge in [0.15, 0.2) is 17.5 Å². The van der Waals surface area contributed by atoms with Crippen molar-refractivity contribution in [3.63, 3.8) is 0 Å². The highest BCUT2D eigenvalue weighted by molar-refractivity contribution is 5.88. The molecule has 0 bridgehead atoms. The molecule has 0 aliphatic rings. The van der Waals surface area contributed by atoms with E-state index >= 15 is 0 Å². The number of hydrazine groups is 1. The summed E-state index contributed by atoms with van der Waals surface area (Å²) in [4.78, 5) is 42.1. The second kappa shape index (κ2) is 13.6. The number of aliphatic hydroxyl groups is 1. The molecule has 0 aliphatic carbocycles. The lowest BCUT2D eigenvalue weighted by atomic mass is 10.00. The predicted octanol–water partition coefficient (Wildman–Crippen LogP) is 5.00. The van der Waals surface area contributed by atoms with Crippen LogP contribution in [0.4, 0.5) is 9.59 Å². The van der Waals surface area contributed by atoms with Crippen molar-refractivity contribution in [2.24, 2.45) is 0 Å². The highest BCUT2D eigenvalue weighted by Gasteiger charge is 2.40. The van der Waals surface area contributed by atoms with Gasteiger partial charge in [-0.1, -0.05) is 36.4 Å². The SMILES string of the molecule is COc1ccc([C@@H](C(=O)N(C)[C@@H](C)[C@@H](O)c2ccccc2)N(NC(=O)OC(C)(C)C)C(=O)OC(C)(C)C)cc1OC. The van der Waals surface area contributed by atoms with Gasteiger partial charge in [0.2, 0.25) is 0 Å². The van der Waals surface area contributed by atoms with E-state index in [-0.39, 0.29) is 5.56 Å². The Bertz CT molecular complexity index is 1190. The van der Waals surface area contributed by atoms with Gasteiger partial charge in [-0.25, -0.2) is 15.0 Å². The molecule has 0 aromatic heterocycles. The molecule has 3 atom stereocenters. The van der Waals surface area contributed by atoms with Crippen LogP contribution in [0.2, 0.25) is 0 Å². The number of ether oxygens (including phenoxy) is 4. The van der Waals surface area contributed by atoms with Gasteiger partial charge in [-0.3, -0.25) is 4.79 Å². The molecule has 0 heterocycles. The van der Waals surface area contributed by atoms with Crippen molar-refractivity contribution in [1.82, 2.24) is 15.3 Å². The molecule has 2 N–H and O–H groups in total. The number of hydrogen-bond acceptors (Lipinski definition) is 8. The molecule has 0 aliphatic heterocycles. The van der Waals surface area contributed by atoms with Crippen molar-refractivity contribution < 1.29 is 38.4 Å². The van der Waals surface area contributed by atoms with Crippen molar-refractivity contribution >= 4 is 18.1 Å². The molecule has 0 fully saturated rings. The number of hydrogen-bond donors (Lipinski definition) is 2. The Kier molecular flexibility index (Phi) is 11.0. The molecule has 0 saturated heterocycles. The van der Waals surface area contributed by atoms with Crippen LogP contribution in [0, 0.1) is 0 Å². The molecular formula is C30H43N3O8. The summed E-state index contributed by atoms with van der Waals surface area (Å²) >= 11 is 0. The number of nitrogens with one attached hydrogen (secondary N) is 1. The Morgan fingerprint density at radius 3 is 1.90 bits per heavy atom. The molecule has 0 unspecified atom stereocenters. The first kappa shape index (κ1) is 33.2. The highest BCUT2D eigenvalue weighted by atomic mass is 16.6. The van der Waals surface area contributed by atoms with Gasteiger partial charge in [-0.15, -0.1) is 0 Å². The maximum absolute atomic E-state index is 14.3. The van der Waals surface area contributed by atoms with E-state index in [0.29, 0.717) is 17.1 Å². The Morgan fingerprint density at radius 1 is 0.829 bits per heavy atom. The van der Waals surface area contributed by atoms with Gasteiger partial charge in [0.05, 0.1) is 26.4 Å². The normalized spacial score (nSPS) is 13.7. The third-order valence-corrected chi connectivity index (χ3v) is 5.97. The number of likely N-dealkylation sites (N-methyl/N-ethyl adjacent to an activating group) is 1. The maximum Gasteiger partial charge on any atom is 0.430 e. The van der Waals surface area contributed by atoms with Crippen LogP contribution in [0.15, 0.2) is 48.5 Å². The Labute approximate surface area is 242 Å². The molecule has 0 saturated carbocycles. The zero-order chi connectivity index (χ0) is 31.1. The van der Waals surface area contributed by atoms with Crippen LogP contribution in [0.3, 0.4) is 0 Å². The van der Waals surface area contributed by atoms with Crippen LogP contribution in [-0.4, -0.2) is 71.6 Å². The van der Waals surface area contributed by atoms with Gasteiger partial charge in [0, 0.05) is 7.05 Å². The van der Waals surface area contributed by atoms with Crippen LogP contribution < -0.4 is 14.9 Å². The van der Waals surface area contributed by atoms with Gasteiger partial charge in [-0.05, 0) is 71.7 Å². The van der Waals surface area contributed by atoms with Gasteiger partial charge in [-0.2, -0.15) is 5.01 Å². The van der Waals surface area contributed by atoms with E-state index in [2.05, 4.69) is 5.43 Å². The minimum atomic E-state index is -1.45. The van der Waals surface area contributed by atoms with E-state index in [0.717, 1.165) is 5.01 Å². The molecule has 0 spiro atoms. The summed E-state index contributed by atoms with van der Waals surface area (Å²) in [6, 6.07) is 11.4. The third kappa shape index (κ3) is 9.28. The number of methoxy groups -OCH3 is 2. The summed E-state index contributed by atoms with van der Waals surface area (Å²) in [5.41, 5.74) is 1.45. The smallest absolute Gasteiger partial charge is 0.430 e. The number of amides is 3. The van der Waals surface area contributed by atoms with Gasteiger partial charge < -0.3 is 29.0 Å². The monoisotopic (exact) mass is 573 g/mol. The Morgan fingerprint density at radius 2 is 1.39 bits per heavy atom. The molecule has 41 heavy (non-hydrogen) atoms. The van der Waals surface area contributed by atoms with Crippen LogP contribution in [-0.2, 0) is 14.3 Å². The quantitative estimate of drug-likeness (QED) is 0.423. The second-order valence-corrected chi connectivity index (χ2v) is 11.5. The minimum Gasteiger partial charge on any atom is -0.493 e. The fraction of sp³-hybridized carbons (Fsp3) is 0.500. The first-order chi connectivity index (χ1) is 19.0. The molecule has 226 valence electrons. The average Bonchev–Trinajstić information content (AvgIpc) is 2.89. The fourth-order valence-electron chi connectivity index (χ4n) is 3.89. The molecule has 11 heteroatoms. The number of rotatable bonds is 8. The van der Waals surface area contributed by atoms with E-state index in [4.69, 9.17) is 18.9 Å². The van der Waals surface area contributed by atoms with Crippen molar-refractivity contribution in [2.45, 2.75) is 77.9 Å². The van der Waals surface area contributed by atoms with Crippen molar-refractivity contribution in [2.75, 3.05) is 21.3 Å². The number of carbonyl (C=O) groups excluding carboxylic acids is 3. The van der Waals surface area contributed by atoms with Crippen molar-refractivity contribution in [1.29, 1.82) is 0 Å². The van der Waals surface area contributed by atoms with E-state index in [1.54, 1.807) is 84.9 Å². The van der Waals surface area contributed by atoms with Crippen LogP contribution in [0.5, 0.6) is 11.5 Å². The first-order valence-corrected chi connectivity index (χ1v) is 13.2. The molecule has 2 aromatic rings. The molecular weight excluding hydrogens is 530 g/mol. The van der Waals surface area contributed by atoms with Crippen molar-refractivity contribution in [3.05, 3.63) is 59.7 Å². The third-order valence-electron chi connectivity index (χ3n) is 5.97. The lowest BCUT2D eigenvalue weighted by molar-refractivity contribution is -0.141. The molecule has 2 rings (SSSR count). The van der Waals surface area contributed by atoms with E-state index in [1.165, 1.54) is 32.2 Å². The number of carbonyl (C=O) groups is 3. The topological polar surface area (TPSA) is 127 Å². The van der Waals surface area contributed by atoms with Crippen LogP contribution in [0.1, 0.15) is 71.7 Å². The highest BCUT2D eigenvalue weighted by Crippen LogP contribution is 2.34. The maximum atomic E-state index is 14.3. The standard InChI is InChI=1S/C30H43N3O8/c1-19(25(34)20-14-12-11-13-15-20)32(8)26(35)24(21-16-17-22(38-9)23(18-21)39-10)33(28(37)41-30(5,6)7)31-27(36)40-29(2,3)4/h11-19,24-25,34H,1-10H3,(H,31,36)/t19-,24-,25+/m0/s1. The van der Waals surface area contributed by atoms with E-state index < -0.39 is 47.5 Å². The summed E-state index contributed by atoms with van der Waals surface area (Å²) in [5.74, 6) is 0.0680. The minimum absolute atomic E-state index is 0.280. The van der Waals surface area contributed by atoms with Gasteiger partial charge in [0.25, 0.3) is 5.91 Å². The molecule has 11 nitrogen and oxygen atoms in total. The molecule has 3 amide bonds. The van der Waals surface area contributed by atoms with Crippen molar-refractivity contribution in [3.8, 4) is 11.5 Å². The number of aliphatic hydroxyl groups excluding tert-OH is 1. The molecule has 2 aromatic carbocycles. The van der Waals surface area contributed by atoms with Gasteiger partial charge in [0.1, 0.15) is 11.2 Å². The summed E-state index contributed by atoms with van der Waals surface area (Å²) in [5, 5.41) is 11.9. The number of nitrogens with zero attached hydrogens (tertiary/aromatic N) is 2. The van der Waals surface area contributed by atoms with E-state index in [1.807, 2.05) is 6.07 Å². The van der Waals surface area contributed by atoms with Gasteiger partial charge >= 0.3 is 12.2 Å². The summed E-state index contributed by atoms with van der Waals surface area (Å²) < 4.78 is 21.8. The average molecular weight is 574 g/mol. The first-order valence-electron chi connectivity index (χ1n) is 13.2. The zero-order valence-electron chi connectivity index (χ0n) is 25.6. The summed E-state index contributed by atoms with van der Waals surface area (Å²) in [7, 11) is 4.42. The lowest BCUT2D eigenvalue weighted by Gasteiger charge is -2.37. The Hall–Kier alpha value is -3.99.